The number of rotatable bonds is 0. The normalized spacial score (nSPS) is 35.6. The number of amides is 2. The summed E-state index contributed by atoms with van der Waals surface area (Å²) in [6.45, 7) is 0. The molecule has 2 atom stereocenters. The molecule has 3 heteroatoms. The molecule has 0 aromatic carbocycles. The summed E-state index contributed by atoms with van der Waals surface area (Å²) in [4.78, 5) is 24.2. The molecule has 2 fully saturated rings. The van der Waals surface area contributed by atoms with Gasteiger partial charge >= 0.3 is 0 Å². The Hall–Kier alpha value is -0.860. The first kappa shape index (κ1) is 7.77. The minimum absolute atomic E-state index is 0.0243. The minimum Gasteiger partial charge on any atom is -0.285 e. The van der Waals surface area contributed by atoms with Crippen molar-refractivity contribution in [2.24, 2.45) is 11.8 Å². The number of hydrogen-bond donors (Lipinski definition) is 0. The maximum Gasteiger partial charge on any atom is 0.232 e. The molecule has 3 nitrogen and oxygen atoms in total. The molecule has 0 spiro atoms. The molecule has 66 valence electrons. The summed E-state index contributed by atoms with van der Waals surface area (Å²) in [5, 5.41) is 0. The summed E-state index contributed by atoms with van der Waals surface area (Å²) >= 11 is 0. The third-order valence-corrected chi connectivity index (χ3v) is 3.06. The van der Waals surface area contributed by atoms with Gasteiger partial charge in [-0.05, 0) is 12.8 Å². The van der Waals surface area contributed by atoms with Gasteiger partial charge in [0.25, 0.3) is 0 Å². The van der Waals surface area contributed by atoms with Crippen LogP contribution in [-0.2, 0) is 9.59 Å². The average molecular weight is 167 g/mol. The molecule has 1 saturated heterocycles. The van der Waals surface area contributed by atoms with Gasteiger partial charge in [0.2, 0.25) is 11.8 Å². The lowest BCUT2D eigenvalue weighted by Crippen LogP contribution is -2.25. The van der Waals surface area contributed by atoms with Crippen LogP contribution < -0.4 is 0 Å². The molecule has 12 heavy (non-hydrogen) atoms. The molecule has 1 aliphatic carbocycles. The lowest BCUT2D eigenvalue weighted by atomic mass is 9.81. The number of imide groups is 1. The van der Waals surface area contributed by atoms with Crippen LogP contribution >= 0.6 is 0 Å². The van der Waals surface area contributed by atoms with Gasteiger partial charge in [-0.1, -0.05) is 12.8 Å². The molecule has 1 heterocycles. The highest BCUT2D eigenvalue weighted by Crippen LogP contribution is 2.37. The topological polar surface area (TPSA) is 37.4 Å². The van der Waals surface area contributed by atoms with Gasteiger partial charge < -0.3 is 0 Å². The van der Waals surface area contributed by atoms with Crippen molar-refractivity contribution in [3.8, 4) is 0 Å². The Kier molecular flexibility index (Phi) is 1.67. The third-order valence-electron chi connectivity index (χ3n) is 3.06. The quantitative estimate of drug-likeness (QED) is 0.500. The second-order valence-electron chi connectivity index (χ2n) is 3.73. The van der Waals surface area contributed by atoms with Crippen molar-refractivity contribution in [2.45, 2.75) is 25.7 Å². The Balaban J connectivity index is 2.25. The van der Waals surface area contributed by atoms with Crippen molar-refractivity contribution >= 4 is 11.8 Å². The van der Waals surface area contributed by atoms with Crippen LogP contribution in [0.4, 0.5) is 0 Å². The SMILES string of the molecule is CN1C(=O)C2CCCCC2C1=O. The largest absolute Gasteiger partial charge is 0.285 e. The van der Waals surface area contributed by atoms with Crippen LogP contribution in [0, 0.1) is 11.8 Å². The standard InChI is InChI=1S/C9H13NO2/c1-10-8(11)6-4-2-3-5-7(6)9(10)12/h6-7H,2-5H2,1H3. The zero-order valence-electron chi connectivity index (χ0n) is 7.25. The molecule has 1 saturated carbocycles. The van der Waals surface area contributed by atoms with E-state index in [9.17, 15) is 9.59 Å². The number of nitrogens with zero attached hydrogens (tertiary/aromatic N) is 1. The maximum atomic E-state index is 11.5. The molecule has 1 aliphatic heterocycles. The lowest BCUT2D eigenvalue weighted by molar-refractivity contribution is -0.138. The molecular weight excluding hydrogens is 154 g/mol. The van der Waals surface area contributed by atoms with Gasteiger partial charge in [0, 0.05) is 7.05 Å². The smallest absolute Gasteiger partial charge is 0.232 e. The van der Waals surface area contributed by atoms with E-state index in [0.29, 0.717) is 0 Å². The highest BCUT2D eigenvalue weighted by Gasteiger charge is 2.46. The van der Waals surface area contributed by atoms with E-state index in [4.69, 9.17) is 0 Å². The fourth-order valence-electron chi connectivity index (χ4n) is 2.33. The molecule has 0 bridgehead atoms. The lowest BCUT2D eigenvalue weighted by Gasteiger charge is -2.19. The molecule has 0 radical (unpaired) electrons. The molecule has 2 aliphatic rings. The van der Waals surface area contributed by atoms with E-state index in [2.05, 4.69) is 0 Å². The van der Waals surface area contributed by atoms with E-state index in [1.165, 1.54) is 4.90 Å². The summed E-state index contributed by atoms with van der Waals surface area (Å²) in [6, 6.07) is 0. The van der Waals surface area contributed by atoms with Crippen LogP contribution in [0.3, 0.4) is 0 Å². The van der Waals surface area contributed by atoms with E-state index < -0.39 is 0 Å². The predicted molar refractivity (Wildman–Crippen MR) is 43.2 cm³/mol. The summed E-state index contributed by atoms with van der Waals surface area (Å²) < 4.78 is 0. The third kappa shape index (κ3) is 0.886. The van der Waals surface area contributed by atoms with Crippen molar-refractivity contribution in [3.63, 3.8) is 0 Å². The second kappa shape index (κ2) is 2.57. The van der Waals surface area contributed by atoms with Gasteiger partial charge in [-0.15, -0.1) is 0 Å². The Bertz CT molecular complexity index is 213. The number of fused-ring (bicyclic) bond motifs is 1. The number of likely N-dealkylation sites (tertiary alicyclic amines) is 1. The summed E-state index contributed by atoms with van der Waals surface area (Å²) in [6.07, 6.45) is 4.04. The Morgan fingerprint density at radius 1 is 1.08 bits per heavy atom. The molecule has 2 rings (SSSR count). The average Bonchev–Trinajstić information content (AvgIpc) is 2.33. The highest BCUT2D eigenvalue weighted by molar-refractivity contribution is 6.04. The second-order valence-corrected chi connectivity index (χ2v) is 3.73. The van der Waals surface area contributed by atoms with Gasteiger partial charge in [0.15, 0.2) is 0 Å². The molecule has 2 amide bonds. The molecule has 0 N–H and O–H groups in total. The predicted octanol–water partition coefficient (Wildman–Crippen LogP) is 0.791. The minimum atomic E-state index is 0.0243. The van der Waals surface area contributed by atoms with Gasteiger partial charge in [0.1, 0.15) is 0 Å². The monoisotopic (exact) mass is 167 g/mol. The van der Waals surface area contributed by atoms with Crippen LogP contribution in [0.1, 0.15) is 25.7 Å². The number of carbonyl (C=O) groups excluding carboxylic acids is 2. The van der Waals surface area contributed by atoms with Crippen LogP contribution in [0.15, 0.2) is 0 Å². The van der Waals surface area contributed by atoms with Gasteiger partial charge in [-0.2, -0.15) is 0 Å². The first-order valence-corrected chi connectivity index (χ1v) is 4.53. The molecule has 0 aromatic rings. The zero-order valence-corrected chi connectivity index (χ0v) is 7.25. The summed E-state index contributed by atoms with van der Waals surface area (Å²) in [5.41, 5.74) is 0. The number of hydrogen-bond acceptors (Lipinski definition) is 2. The van der Waals surface area contributed by atoms with E-state index >= 15 is 0 Å². The number of carbonyl (C=O) groups is 2. The Morgan fingerprint density at radius 3 is 1.92 bits per heavy atom. The van der Waals surface area contributed by atoms with Crippen LogP contribution in [0.5, 0.6) is 0 Å². The Morgan fingerprint density at radius 2 is 1.50 bits per heavy atom. The van der Waals surface area contributed by atoms with Gasteiger partial charge in [-0.25, -0.2) is 0 Å². The first-order valence-electron chi connectivity index (χ1n) is 4.53. The van der Waals surface area contributed by atoms with Crippen molar-refractivity contribution < 1.29 is 9.59 Å². The van der Waals surface area contributed by atoms with Crippen LogP contribution in [-0.4, -0.2) is 23.8 Å². The molecular formula is C9H13NO2. The summed E-state index contributed by atoms with van der Waals surface area (Å²) in [5.74, 6) is 0.141. The van der Waals surface area contributed by atoms with Crippen molar-refractivity contribution in [1.29, 1.82) is 0 Å². The van der Waals surface area contributed by atoms with Gasteiger partial charge in [0.05, 0.1) is 11.8 Å². The van der Waals surface area contributed by atoms with E-state index in [0.717, 1.165) is 25.7 Å². The fraction of sp³-hybridized carbons (Fsp3) is 0.778. The first-order chi connectivity index (χ1) is 5.72. The van der Waals surface area contributed by atoms with Gasteiger partial charge in [-0.3, -0.25) is 14.5 Å². The highest BCUT2D eigenvalue weighted by atomic mass is 16.2. The van der Waals surface area contributed by atoms with Crippen LogP contribution in [0.25, 0.3) is 0 Å². The van der Waals surface area contributed by atoms with E-state index in [1.807, 2.05) is 0 Å². The van der Waals surface area contributed by atoms with Crippen molar-refractivity contribution in [1.82, 2.24) is 4.90 Å². The van der Waals surface area contributed by atoms with Crippen molar-refractivity contribution in [2.75, 3.05) is 7.05 Å². The van der Waals surface area contributed by atoms with Crippen molar-refractivity contribution in [3.05, 3.63) is 0 Å². The molecule has 0 aromatic heterocycles. The fourth-order valence-corrected chi connectivity index (χ4v) is 2.33. The van der Waals surface area contributed by atoms with E-state index in [-0.39, 0.29) is 23.7 Å². The molecule has 2 unspecified atom stereocenters. The van der Waals surface area contributed by atoms with Crippen LogP contribution in [0.2, 0.25) is 0 Å². The Labute approximate surface area is 71.7 Å². The zero-order chi connectivity index (χ0) is 8.72. The summed E-state index contributed by atoms with van der Waals surface area (Å²) in [7, 11) is 1.60. The van der Waals surface area contributed by atoms with E-state index in [1.54, 1.807) is 7.05 Å². The maximum absolute atomic E-state index is 11.5.